The first-order valence-corrected chi connectivity index (χ1v) is 10.8. The maximum absolute atomic E-state index is 13.2. The number of amides is 1. The van der Waals surface area contributed by atoms with Gasteiger partial charge in [-0.05, 0) is 30.8 Å². The number of hydrogen-bond acceptors (Lipinski definition) is 9. The molecule has 13 heteroatoms. The zero-order chi connectivity index (χ0) is 23.2. The molecule has 4 rings (SSSR count). The molecule has 2 aliphatic heterocycles. The minimum absolute atomic E-state index is 0.00354. The summed E-state index contributed by atoms with van der Waals surface area (Å²) in [4.78, 5) is 24.7. The van der Waals surface area contributed by atoms with Gasteiger partial charge >= 0.3 is 6.18 Å². The molecule has 1 saturated heterocycles. The highest BCUT2D eigenvalue weighted by Gasteiger charge is 2.46. The van der Waals surface area contributed by atoms with Gasteiger partial charge in [-0.1, -0.05) is 0 Å². The summed E-state index contributed by atoms with van der Waals surface area (Å²) < 4.78 is 39.5. The minimum Gasteiger partial charge on any atom is -0.374 e. The summed E-state index contributed by atoms with van der Waals surface area (Å²) in [7, 11) is 3.26. The Labute approximate surface area is 186 Å². The molecule has 0 aliphatic carbocycles. The number of fused-ring (bicyclic) bond motifs is 1. The number of alkyl halides is 3. The van der Waals surface area contributed by atoms with Crippen molar-refractivity contribution in [3.63, 3.8) is 0 Å². The Balaban J connectivity index is 1.43. The Morgan fingerprint density at radius 1 is 1.28 bits per heavy atom. The molecular formula is C19H23F3N6O3S. The molecule has 0 bridgehead atoms. The Hall–Kier alpha value is -2.48. The molecule has 0 spiro atoms. The van der Waals surface area contributed by atoms with E-state index in [1.54, 1.807) is 24.4 Å². The van der Waals surface area contributed by atoms with Crippen LogP contribution in [0.4, 0.5) is 29.8 Å². The van der Waals surface area contributed by atoms with Gasteiger partial charge in [0.2, 0.25) is 11.9 Å². The van der Waals surface area contributed by atoms with Crippen LogP contribution in [0.1, 0.15) is 30.2 Å². The number of nitrogens with zero attached hydrogens (tertiary/aromatic N) is 5. The Morgan fingerprint density at radius 2 is 1.97 bits per heavy atom. The SMILES string of the molecule is CN1c2scc(CC(=O)Nc3cnc(N4CCC[C@H]4C(F)(F)F)nc3)c2[C@H](O)N(C)[C@@H]1O. The third-order valence-corrected chi connectivity index (χ3v) is 6.86. The zero-order valence-corrected chi connectivity index (χ0v) is 18.2. The van der Waals surface area contributed by atoms with Crippen molar-refractivity contribution in [1.82, 2.24) is 14.9 Å². The second kappa shape index (κ2) is 8.46. The van der Waals surface area contributed by atoms with Crippen molar-refractivity contribution in [3.05, 3.63) is 28.9 Å². The summed E-state index contributed by atoms with van der Waals surface area (Å²) in [5.74, 6) is -0.414. The number of carbonyl (C=O) groups is 1. The second-order valence-electron chi connectivity index (χ2n) is 7.87. The van der Waals surface area contributed by atoms with E-state index < -0.39 is 24.8 Å². The monoisotopic (exact) mass is 472 g/mol. The molecule has 0 unspecified atom stereocenters. The standard InChI is InChI=1S/C19H23F3N6O3S/c1-26-15(30)14-10(9-32-16(14)27(2)18(26)31)6-13(29)25-11-7-23-17(24-8-11)28-5-3-4-12(28)19(20,21)22/h7-9,12,15,18,30-31H,3-6H2,1-2H3,(H,25,29)/t12-,15-,18-/m0/s1. The molecule has 2 aliphatic rings. The Kier molecular flexibility index (Phi) is 6.00. The second-order valence-corrected chi connectivity index (χ2v) is 8.72. The number of thiophene rings is 1. The molecule has 0 radical (unpaired) electrons. The van der Waals surface area contributed by atoms with Crippen LogP contribution in [-0.2, 0) is 11.2 Å². The fourth-order valence-electron chi connectivity index (χ4n) is 4.04. The van der Waals surface area contributed by atoms with Gasteiger partial charge in [0.15, 0.2) is 6.35 Å². The molecule has 9 nitrogen and oxygen atoms in total. The molecule has 32 heavy (non-hydrogen) atoms. The van der Waals surface area contributed by atoms with Gasteiger partial charge in [-0.15, -0.1) is 11.3 Å². The van der Waals surface area contributed by atoms with Crippen molar-refractivity contribution in [2.24, 2.45) is 0 Å². The van der Waals surface area contributed by atoms with E-state index in [2.05, 4.69) is 15.3 Å². The van der Waals surface area contributed by atoms with E-state index in [9.17, 15) is 28.2 Å². The van der Waals surface area contributed by atoms with Gasteiger partial charge in [0.25, 0.3) is 0 Å². The van der Waals surface area contributed by atoms with E-state index in [4.69, 9.17) is 0 Å². The largest absolute Gasteiger partial charge is 0.408 e. The van der Waals surface area contributed by atoms with Crippen LogP contribution in [0.2, 0.25) is 0 Å². The molecule has 0 saturated carbocycles. The summed E-state index contributed by atoms with van der Waals surface area (Å²) in [6.07, 6.45) is -3.46. The number of nitrogens with one attached hydrogen (secondary N) is 1. The summed E-state index contributed by atoms with van der Waals surface area (Å²) in [5, 5.41) is 25.7. The van der Waals surface area contributed by atoms with Crippen molar-refractivity contribution in [2.75, 3.05) is 35.8 Å². The first-order chi connectivity index (χ1) is 15.1. The average molecular weight is 472 g/mol. The zero-order valence-electron chi connectivity index (χ0n) is 17.4. The molecule has 2 aromatic rings. The van der Waals surface area contributed by atoms with Crippen molar-refractivity contribution in [2.45, 2.75) is 44.1 Å². The van der Waals surface area contributed by atoms with Crippen molar-refractivity contribution >= 4 is 33.9 Å². The van der Waals surface area contributed by atoms with Crippen LogP contribution in [0.25, 0.3) is 0 Å². The third kappa shape index (κ3) is 4.12. The molecule has 174 valence electrons. The molecule has 4 heterocycles. The van der Waals surface area contributed by atoms with E-state index in [0.29, 0.717) is 22.5 Å². The van der Waals surface area contributed by atoms with E-state index in [1.165, 1.54) is 28.6 Å². The molecule has 3 N–H and O–H groups in total. The smallest absolute Gasteiger partial charge is 0.374 e. The van der Waals surface area contributed by atoms with Crippen LogP contribution >= 0.6 is 11.3 Å². The summed E-state index contributed by atoms with van der Waals surface area (Å²) in [5.41, 5.74) is 1.43. The number of hydrogen-bond donors (Lipinski definition) is 3. The van der Waals surface area contributed by atoms with Gasteiger partial charge in [-0.25, -0.2) is 14.9 Å². The number of rotatable bonds is 4. The summed E-state index contributed by atoms with van der Waals surface area (Å²) >= 11 is 1.31. The molecule has 1 amide bonds. The summed E-state index contributed by atoms with van der Waals surface area (Å²) in [6.45, 7) is 0.221. The highest BCUT2D eigenvalue weighted by Crippen LogP contribution is 2.42. The normalized spacial score (nSPS) is 24.0. The number of aliphatic hydroxyl groups excluding tert-OH is 2. The maximum atomic E-state index is 13.2. The Morgan fingerprint density at radius 3 is 2.62 bits per heavy atom. The molecule has 1 fully saturated rings. The summed E-state index contributed by atoms with van der Waals surface area (Å²) in [6, 6.07) is -1.60. The third-order valence-electron chi connectivity index (χ3n) is 5.72. The molecular weight excluding hydrogens is 449 g/mol. The lowest BCUT2D eigenvalue weighted by Gasteiger charge is -2.40. The number of carbonyl (C=O) groups excluding carboxylic acids is 1. The van der Waals surface area contributed by atoms with E-state index in [-0.39, 0.29) is 36.9 Å². The lowest BCUT2D eigenvalue weighted by atomic mass is 10.1. The van der Waals surface area contributed by atoms with Crippen LogP contribution < -0.4 is 15.1 Å². The highest BCUT2D eigenvalue weighted by atomic mass is 32.1. The number of aromatic nitrogens is 2. The topological polar surface area (TPSA) is 105 Å². The quantitative estimate of drug-likeness (QED) is 0.620. The van der Waals surface area contributed by atoms with Gasteiger partial charge < -0.3 is 25.3 Å². The van der Waals surface area contributed by atoms with Crippen molar-refractivity contribution in [3.8, 4) is 0 Å². The first-order valence-electron chi connectivity index (χ1n) is 9.94. The Bertz CT molecular complexity index is 986. The van der Waals surface area contributed by atoms with E-state index in [1.807, 2.05) is 0 Å². The maximum Gasteiger partial charge on any atom is 0.408 e. The predicted molar refractivity (Wildman–Crippen MR) is 112 cm³/mol. The number of anilines is 3. The van der Waals surface area contributed by atoms with E-state index in [0.717, 1.165) is 4.90 Å². The minimum atomic E-state index is -4.35. The van der Waals surface area contributed by atoms with E-state index >= 15 is 0 Å². The van der Waals surface area contributed by atoms with Gasteiger partial charge in [-0.2, -0.15) is 13.2 Å². The van der Waals surface area contributed by atoms with Gasteiger partial charge in [-0.3, -0.25) is 4.79 Å². The first kappa shape index (κ1) is 22.7. The van der Waals surface area contributed by atoms with Crippen molar-refractivity contribution in [1.29, 1.82) is 0 Å². The van der Waals surface area contributed by atoms with Crippen LogP contribution in [0.5, 0.6) is 0 Å². The van der Waals surface area contributed by atoms with Crippen molar-refractivity contribution < 1.29 is 28.2 Å². The van der Waals surface area contributed by atoms with Crippen LogP contribution in [0, 0.1) is 0 Å². The lowest BCUT2D eigenvalue weighted by molar-refractivity contribution is -0.146. The predicted octanol–water partition coefficient (Wildman–Crippen LogP) is 1.90. The van der Waals surface area contributed by atoms with Crippen LogP contribution in [-0.4, -0.2) is 70.2 Å². The van der Waals surface area contributed by atoms with Gasteiger partial charge in [0.05, 0.1) is 24.5 Å². The van der Waals surface area contributed by atoms with Crippen LogP contribution in [0.3, 0.4) is 0 Å². The number of aliphatic hydroxyl groups is 2. The fraction of sp³-hybridized carbons (Fsp3) is 0.526. The fourth-order valence-corrected chi connectivity index (χ4v) is 5.13. The average Bonchev–Trinajstić information content (AvgIpc) is 3.39. The highest BCUT2D eigenvalue weighted by molar-refractivity contribution is 7.14. The molecule has 0 aromatic carbocycles. The van der Waals surface area contributed by atoms with Gasteiger partial charge in [0, 0.05) is 19.2 Å². The molecule has 3 atom stereocenters. The van der Waals surface area contributed by atoms with Gasteiger partial charge in [0.1, 0.15) is 17.3 Å². The van der Waals surface area contributed by atoms with Crippen LogP contribution in [0.15, 0.2) is 17.8 Å². The lowest BCUT2D eigenvalue weighted by Crippen LogP contribution is -2.50. The molecule has 2 aromatic heterocycles. The number of halogens is 3.